The molecule has 0 fully saturated rings. The Bertz CT molecular complexity index is 390. The standard InChI is InChI=1S/C7H8N4/c1-5-6-2-3-7(8)11(6)10-4-9-5/h2-4H,8H2,1H3. The van der Waals surface area contributed by atoms with E-state index in [0.29, 0.717) is 5.82 Å². The summed E-state index contributed by atoms with van der Waals surface area (Å²) >= 11 is 0. The van der Waals surface area contributed by atoms with Crippen molar-refractivity contribution in [3.05, 3.63) is 24.2 Å². The average molecular weight is 148 g/mol. The van der Waals surface area contributed by atoms with Crippen LogP contribution in [0.4, 0.5) is 5.82 Å². The number of hydrogen-bond donors (Lipinski definition) is 1. The van der Waals surface area contributed by atoms with E-state index in [4.69, 9.17) is 5.73 Å². The smallest absolute Gasteiger partial charge is 0.136 e. The molecule has 0 aliphatic carbocycles. The van der Waals surface area contributed by atoms with Crippen molar-refractivity contribution in [1.82, 2.24) is 14.6 Å². The van der Waals surface area contributed by atoms with E-state index in [1.54, 1.807) is 4.52 Å². The van der Waals surface area contributed by atoms with E-state index in [-0.39, 0.29) is 0 Å². The third-order valence-corrected chi connectivity index (χ3v) is 1.67. The molecule has 0 aliphatic heterocycles. The van der Waals surface area contributed by atoms with Gasteiger partial charge in [-0.3, -0.25) is 0 Å². The minimum atomic E-state index is 0.644. The van der Waals surface area contributed by atoms with Gasteiger partial charge in [-0.05, 0) is 19.1 Å². The molecule has 0 bridgehead atoms. The van der Waals surface area contributed by atoms with E-state index in [2.05, 4.69) is 10.1 Å². The molecule has 4 heteroatoms. The zero-order valence-corrected chi connectivity index (χ0v) is 6.15. The lowest BCUT2D eigenvalue weighted by atomic mass is 10.4. The highest BCUT2D eigenvalue weighted by molar-refractivity contribution is 5.57. The van der Waals surface area contributed by atoms with Crippen LogP contribution in [0.1, 0.15) is 5.69 Å². The van der Waals surface area contributed by atoms with Crippen LogP contribution in [0.25, 0.3) is 5.52 Å². The molecule has 0 aliphatic rings. The van der Waals surface area contributed by atoms with Crippen molar-refractivity contribution in [3.63, 3.8) is 0 Å². The van der Waals surface area contributed by atoms with Gasteiger partial charge in [-0.15, -0.1) is 0 Å². The van der Waals surface area contributed by atoms with E-state index < -0.39 is 0 Å². The molecule has 0 saturated heterocycles. The second-order valence-corrected chi connectivity index (χ2v) is 2.40. The fourth-order valence-corrected chi connectivity index (χ4v) is 1.08. The van der Waals surface area contributed by atoms with Gasteiger partial charge in [-0.1, -0.05) is 0 Å². The summed E-state index contributed by atoms with van der Waals surface area (Å²) in [7, 11) is 0. The molecule has 2 N–H and O–H groups in total. The lowest BCUT2D eigenvalue weighted by Gasteiger charge is -1.96. The molecule has 0 atom stereocenters. The second-order valence-electron chi connectivity index (χ2n) is 2.40. The Morgan fingerprint density at radius 1 is 1.45 bits per heavy atom. The number of hydrogen-bond acceptors (Lipinski definition) is 3. The van der Waals surface area contributed by atoms with Gasteiger partial charge in [-0.2, -0.15) is 5.10 Å². The van der Waals surface area contributed by atoms with E-state index in [0.717, 1.165) is 11.2 Å². The van der Waals surface area contributed by atoms with Crippen LogP contribution < -0.4 is 5.73 Å². The zero-order valence-electron chi connectivity index (χ0n) is 6.15. The molecule has 0 amide bonds. The summed E-state index contributed by atoms with van der Waals surface area (Å²) in [5.74, 6) is 0.644. The fraction of sp³-hybridized carbons (Fsp3) is 0.143. The molecule has 2 heterocycles. The summed E-state index contributed by atoms with van der Waals surface area (Å²) in [6.45, 7) is 1.93. The summed E-state index contributed by atoms with van der Waals surface area (Å²) in [4.78, 5) is 4.03. The normalized spacial score (nSPS) is 10.6. The molecule has 0 unspecified atom stereocenters. The number of nitrogens with two attached hydrogens (primary N) is 1. The van der Waals surface area contributed by atoms with Crippen LogP contribution in [0, 0.1) is 6.92 Å². The SMILES string of the molecule is Cc1ncnn2c(N)ccc12. The van der Waals surface area contributed by atoms with Crippen molar-refractivity contribution in [2.24, 2.45) is 0 Å². The summed E-state index contributed by atoms with van der Waals surface area (Å²) in [5, 5.41) is 3.98. The molecular weight excluding hydrogens is 140 g/mol. The van der Waals surface area contributed by atoms with Crippen LogP contribution >= 0.6 is 0 Å². The third-order valence-electron chi connectivity index (χ3n) is 1.67. The first kappa shape index (κ1) is 6.15. The summed E-state index contributed by atoms with van der Waals surface area (Å²) in [5.41, 5.74) is 7.52. The van der Waals surface area contributed by atoms with Crippen LogP contribution in [-0.4, -0.2) is 14.6 Å². The topological polar surface area (TPSA) is 56.2 Å². The monoisotopic (exact) mass is 148 g/mol. The van der Waals surface area contributed by atoms with Gasteiger partial charge in [0, 0.05) is 0 Å². The Morgan fingerprint density at radius 2 is 2.27 bits per heavy atom. The lowest BCUT2D eigenvalue weighted by Crippen LogP contribution is -1.98. The van der Waals surface area contributed by atoms with Crippen molar-refractivity contribution in [2.75, 3.05) is 5.73 Å². The molecule has 56 valence electrons. The molecule has 0 radical (unpaired) electrons. The van der Waals surface area contributed by atoms with Gasteiger partial charge in [-0.25, -0.2) is 9.50 Å². The second kappa shape index (κ2) is 1.95. The number of aryl methyl sites for hydroxylation is 1. The van der Waals surface area contributed by atoms with Crippen molar-refractivity contribution in [2.45, 2.75) is 6.92 Å². The summed E-state index contributed by atoms with van der Waals surface area (Å²) in [6.07, 6.45) is 1.50. The number of fused-ring (bicyclic) bond motifs is 1. The van der Waals surface area contributed by atoms with Crippen LogP contribution in [0.15, 0.2) is 18.5 Å². The zero-order chi connectivity index (χ0) is 7.84. The minimum Gasteiger partial charge on any atom is -0.384 e. The van der Waals surface area contributed by atoms with Gasteiger partial charge >= 0.3 is 0 Å². The first-order valence-corrected chi connectivity index (χ1v) is 3.34. The van der Waals surface area contributed by atoms with E-state index in [9.17, 15) is 0 Å². The van der Waals surface area contributed by atoms with Crippen molar-refractivity contribution in [1.29, 1.82) is 0 Å². The highest BCUT2D eigenvalue weighted by Crippen LogP contribution is 2.10. The van der Waals surface area contributed by atoms with Gasteiger partial charge in [0.15, 0.2) is 0 Å². The number of nitrogen functional groups attached to an aromatic ring is 1. The van der Waals surface area contributed by atoms with Crippen molar-refractivity contribution >= 4 is 11.3 Å². The maximum atomic E-state index is 5.62. The molecule has 2 aromatic rings. The number of aromatic nitrogens is 3. The Balaban J connectivity index is 2.94. The van der Waals surface area contributed by atoms with Gasteiger partial charge in [0.25, 0.3) is 0 Å². The molecule has 4 nitrogen and oxygen atoms in total. The highest BCUT2D eigenvalue weighted by Gasteiger charge is 2.00. The van der Waals surface area contributed by atoms with Crippen molar-refractivity contribution in [3.8, 4) is 0 Å². The molecule has 0 spiro atoms. The predicted molar refractivity (Wildman–Crippen MR) is 42.1 cm³/mol. The van der Waals surface area contributed by atoms with E-state index in [1.165, 1.54) is 6.33 Å². The Labute approximate surface area is 63.7 Å². The van der Waals surface area contributed by atoms with Gasteiger partial charge < -0.3 is 5.73 Å². The fourth-order valence-electron chi connectivity index (χ4n) is 1.08. The Morgan fingerprint density at radius 3 is 3.00 bits per heavy atom. The first-order chi connectivity index (χ1) is 5.29. The van der Waals surface area contributed by atoms with Crippen LogP contribution in [0.3, 0.4) is 0 Å². The number of anilines is 1. The molecule has 2 aromatic heterocycles. The number of rotatable bonds is 0. The van der Waals surface area contributed by atoms with Crippen molar-refractivity contribution < 1.29 is 0 Å². The van der Waals surface area contributed by atoms with Crippen LogP contribution in [0.5, 0.6) is 0 Å². The highest BCUT2D eigenvalue weighted by atomic mass is 15.3. The summed E-state index contributed by atoms with van der Waals surface area (Å²) < 4.78 is 1.67. The van der Waals surface area contributed by atoms with Gasteiger partial charge in [0.2, 0.25) is 0 Å². The predicted octanol–water partition coefficient (Wildman–Crippen LogP) is 0.620. The Hall–Kier alpha value is -1.58. The molecular formula is C7H8N4. The summed E-state index contributed by atoms with van der Waals surface area (Å²) in [6, 6.07) is 3.72. The first-order valence-electron chi connectivity index (χ1n) is 3.34. The minimum absolute atomic E-state index is 0.644. The molecule has 11 heavy (non-hydrogen) atoms. The van der Waals surface area contributed by atoms with Gasteiger partial charge in [0.05, 0.1) is 11.2 Å². The van der Waals surface area contributed by atoms with Crippen LogP contribution in [-0.2, 0) is 0 Å². The maximum absolute atomic E-state index is 5.62. The third kappa shape index (κ3) is 0.756. The van der Waals surface area contributed by atoms with Gasteiger partial charge in [0.1, 0.15) is 12.1 Å². The quantitative estimate of drug-likeness (QED) is 0.595. The lowest BCUT2D eigenvalue weighted by molar-refractivity contribution is 0.896. The molecule has 2 rings (SSSR count). The maximum Gasteiger partial charge on any atom is 0.136 e. The average Bonchev–Trinajstić information content (AvgIpc) is 2.35. The van der Waals surface area contributed by atoms with E-state index >= 15 is 0 Å². The number of nitrogens with zero attached hydrogens (tertiary/aromatic N) is 3. The molecule has 0 aromatic carbocycles. The Kier molecular flexibility index (Phi) is 1.09. The van der Waals surface area contributed by atoms with Crippen LogP contribution in [0.2, 0.25) is 0 Å². The largest absolute Gasteiger partial charge is 0.384 e. The molecule has 0 saturated carbocycles. The van der Waals surface area contributed by atoms with E-state index in [1.807, 2.05) is 19.1 Å².